The SMILES string of the molecule is CCC1c2c(C3=CCNCC3)[nH]c3nccc(c23)-c2cc(F)ccc2N1C.Cl.Cl. The summed E-state index contributed by atoms with van der Waals surface area (Å²) < 4.78 is 14.1. The topological polar surface area (TPSA) is 44.0 Å². The zero-order valence-electron chi connectivity index (χ0n) is 16.5. The number of hydrogen-bond acceptors (Lipinski definition) is 3. The van der Waals surface area contributed by atoms with Crippen molar-refractivity contribution in [1.82, 2.24) is 15.3 Å². The van der Waals surface area contributed by atoms with E-state index < -0.39 is 0 Å². The monoisotopic (exact) mass is 434 g/mol. The fraction of sp³-hybridized carbons (Fsp3) is 0.318. The molecular formula is C22H25Cl2FN4. The van der Waals surface area contributed by atoms with Gasteiger partial charge in [-0.1, -0.05) is 13.0 Å². The molecule has 0 radical (unpaired) electrons. The van der Waals surface area contributed by atoms with Gasteiger partial charge in [-0.25, -0.2) is 9.37 Å². The van der Waals surface area contributed by atoms with E-state index in [1.165, 1.54) is 16.8 Å². The largest absolute Gasteiger partial charge is 0.367 e. The summed E-state index contributed by atoms with van der Waals surface area (Å²) in [6.45, 7) is 4.09. The summed E-state index contributed by atoms with van der Waals surface area (Å²) in [7, 11) is 2.11. The minimum atomic E-state index is -0.208. The van der Waals surface area contributed by atoms with E-state index in [0.717, 1.165) is 53.8 Å². The average molecular weight is 435 g/mol. The van der Waals surface area contributed by atoms with Crippen LogP contribution in [0.4, 0.5) is 10.1 Å². The number of fused-ring (bicyclic) bond motifs is 2. The fourth-order valence-corrected chi connectivity index (χ4v) is 4.67. The lowest BCUT2D eigenvalue weighted by molar-refractivity contribution is 0.625. The van der Waals surface area contributed by atoms with Gasteiger partial charge in [-0.05, 0) is 54.8 Å². The Balaban J connectivity index is 0.00000120. The Morgan fingerprint density at radius 2 is 2.03 bits per heavy atom. The Labute approximate surface area is 182 Å². The van der Waals surface area contributed by atoms with Crippen molar-refractivity contribution in [2.75, 3.05) is 25.0 Å². The molecule has 2 aromatic heterocycles. The normalized spacial score (nSPS) is 17.7. The number of aromatic nitrogens is 2. The second-order valence-corrected chi connectivity index (χ2v) is 7.38. The third kappa shape index (κ3) is 3.31. The summed E-state index contributed by atoms with van der Waals surface area (Å²) >= 11 is 0. The number of pyridine rings is 1. The third-order valence-corrected chi connectivity index (χ3v) is 5.93. The lowest BCUT2D eigenvalue weighted by Gasteiger charge is -2.30. The summed E-state index contributed by atoms with van der Waals surface area (Å²) in [6, 6.07) is 7.33. The van der Waals surface area contributed by atoms with Crippen molar-refractivity contribution >= 4 is 47.1 Å². The minimum absolute atomic E-state index is 0. The maximum absolute atomic E-state index is 14.1. The number of nitrogens with one attached hydrogen (secondary N) is 2. The van der Waals surface area contributed by atoms with Gasteiger partial charge in [-0.3, -0.25) is 0 Å². The van der Waals surface area contributed by atoms with Crippen LogP contribution in [0.1, 0.15) is 37.1 Å². The van der Waals surface area contributed by atoms with Crippen molar-refractivity contribution in [3.63, 3.8) is 0 Å². The molecule has 0 saturated heterocycles. The van der Waals surface area contributed by atoms with Crippen molar-refractivity contribution in [3.8, 4) is 11.1 Å². The van der Waals surface area contributed by atoms with Gasteiger partial charge in [0.15, 0.2) is 0 Å². The minimum Gasteiger partial charge on any atom is -0.367 e. The lowest BCUT2D eigenvalue weighted by atomic mass is 9.93. The Bertz CT molecular complexity index is 1080. The number of halogens is 3. The smallest absolute Gasteiger partial charge is 0.138 e. The van der Waals surface area contributed by atoms with Gasteiger partial charge in [0.2, 0.25) is 0 Å². The van der Waals surface area contributed by atoms with Crippen LogP contribution in [0.5, 0.6) is 0 Å². The first kappa shape index (κ1) is 21.6. The summed E-state index contributed by atoms with van der Waals surface area (Å²) in [5.41, 5.74) is 7.78. The van der Waals surface area contributed by atoms with Gasteiger partial charge in [-0.15, -0.1) is 24.8 Å². The van der Waals surface area contributed by atoms with Crippen LogP contribution in [0.2, 0.25) is 0 Å². The van der Waals surface area contributed by atoms with Crippen LogP contribution in [0, 0.1) is 5.82 Å². The van der Waals surface area contributed by atoms with Gasteiger partial charge in [0.25, 0.3) is 0 Å². The number of nitrogens with zero attached hydrogens (tertiary/aromatic N) is 2. The molecule has 0 aliphatic carbocycles. The molecular weight excluding hydrogens is 410 g/mol. The zero-order valence-corrected chi connectivity index (χ0v) is 18.1. The van der Waals surface area contributed by atoms with Gasteiger partial charge in [-0.2, -0.15) is 0 Å². The predicted molar refractivity (Wildman–Crippen MR) is 123 cm³/mol. The fourth-order valence-electron chi connectivity index (χ4n) is 4.67. The van der Waals surface area contributed by atoms with Crippen LogP contribution in [0.25, 0.3) is 27.7 Å². The van der Waals surface area contributed by atoms with Gasteiger partial charge in [0, 0.05) is 47.7 Å². The molecule has 2 N–H and O–H groups in total. The molecule has 29 heavy (non-hydrogen) atoms. The van der Waals surface area contributed by atoms with Gasteiger partial charge in [0.1, 0.15) is 11.5 Å². The number of hydrogen-bond donors (Lipinski definition) is 2. The van der Waals surface area contributed by atoms with Crippen molar-refractivity contribution in [1.29, 1.82) is 0 Å². The summed E-state index contributed by atoms with van der Waals surface area (Å²) in [4.78, 5) is 10.5. The first-order chi connectivity index (χ1) is 13.2. The van der Waals surface area contributed by atoms with Crippen LogP contribution in [0.15, 0.2) is 36.5 Å². The summed E-state index contributed by atoms with van der Waals surface area (Å²) in [5.74, 6) is -0.208. The van der Waals surface area contributed by atoms with E-state index >= 15 is 0 Å². The van der Waals surface area contributed by atoms with Crippen molar-refractivity contribution in [2.45, 2.75) is 25.8 Å². The number of aromatic amines is 1. The van der Waals surface area contributed by atoms with E-state index in [1.54, 1.807) is 12.1 Å². The molecule has 0 amide bonds. The average Bonchev–Trinajstić information content (AvgIpc) is 3.04. The molecule has 4 nitrogen and oxygen atoms in total. The molecule has 4 heterocycles. The van der Waals surface area contributed by atoms with Crippen LogP contribution in [0.3, 0.4) is 0 Å². The van der Waals surface area contributed by atoms with E-state index in [0.29, 0.717) is 0 Å². The predicted octanol–water partition coefficient (Wildman–Crippen LogP) is 5.49. The number of rotatable bonds is 2. The Morgan fingerprint density at radius 1 is 1.21 bits per heavy atom. The van der Waals surface area contributed by atoms with Crippen LogP contribution in [-0.2, 0) is 0 Å². The van der Waals surface area contributed by atoms with E-state index in [-0.39, 0.29) is 36.7 Å². The molecule has 3 aromatic rings. The number of H-pyrrole nitrogens is 1. The van der Waals surface area contributed by atoms with E-state index in [2.05, 4.69) is 40.2 Å². The van der Waals surface area contributed by atoms with E-state index in [9.17, 15) is 4.39 Å². The molecule has 7 heteroatoms. The van der Waals surface area contributed by atoms with Gasteiger partial charge < -0.3 is 15.2 Å². The molecule has 2 aliphatic heterocycles. The molecule has 0 fully saturated rings. The Hall–Kier alpha value is -2.08. The second kappa shape index (κ2) is 8.34. The summed E-state index contributed by atoms with van der Waals surface area (Å²) in [6.07, 6.45) is 6.05. The van der Waals surface area contributed by atoms with Crippen molar-refractivity contribution in [3.05, 3.63) is 53.6 Å². The Kier molecular flexibility index (Phi) is 6.22. The number of anilines is 1. The van der Waals surface area contributed by atoms with Crippen molar-refractivity contribution in [2.24, 2.45) is 0 Å². The molecule has 1 unspecified atom stereocenters. The van der Waals surface area contributed by atoms with Crippen molar-refractivity contribution < 1.29 is 4.39 Å². The number of benzene rings is 1. The lowest BCUT2D eigenvalue weighted by Crippen LogP contribution is -2.25. The molecule has 0 saturated carbocycles. The van der Waals surface area contributed by atoms with E-state index in [1.807, 2.05) is 18.3 Å². The molecule has 1 aromatic carbocycles. The standard InChI is InChI=1S/C22H23FN4.2ClH/c1-3-17-20-19-15(16-12-14(23)4-5-18(16)27(17)2)8-11-25-22(19)26-21(20)13-6-9-24-10-7-13;;/h4-6,8,11-12,17,24H,3,7,9-10H2,1-2H3,(H,25,26);2*1H. The highest BCUT2D eigenvalue weighted by Crippen LogP contribution is 2.48. The van der Waals surface area contributed by atoms with E-state index in [4.69, 9.17) is 0 Å². The Morgan fingerprint density at radius 3 is 2.76 bits per heavy atom. The quantitative estimate of drug-likeness (QED) is 0.560. The molecule has 154 valence electrons. The second-order valence-electron chi connectivity index (χ2n) is 7.38. The van der Waals surface area contributed by atoms with Gasteiger partial charge >= 0.3 is 0 Å². The first-order valence-electron chi connectivity index (χ1n) is 9.62. The molecule has 0 spiro atoms. The highest BCUT2D eigenvalue weighted by molar-refractivity contribution is 6.03. The van der Waals surface area contributed by atoms with Crippen LogP contribution >= 0.6 is 24.8 Å². The summed E-state index contributed by atoms with van der Waals surface area (Å²) in [5, 5.41) is 4.52. The third-order valence-electron chi connectivity index (χ3n) is 5.93. The van der Waals surface area contributed by atoms with Gasteiger partial charge in [0.05, 0.1) is 6.04 Å². The molecule has 0 bridgehead atoms. The van der Waals surface area contributed by atoms with Crippen LogP contribution in [-0.4, -0.2) is 30.1 Å². The highest BCUT2D eigenvalue weighted by atomic mass is 35.5. The maximum Gasteiger partial charge on any atom is 0.138 e. The zero-order chi connectivity index (χ0) is 18.5. The van der Waals surface area contributed by atoms with Crippen LogP contribution < -0.4 is 10.2 Å². The highest BCUT2D eigenvalue weighted by Gasteiger charge is 2.31. The molecule has 5 rings (SSSR count). The maximum atomic E-state index is 14.1. The molecule has 1 atom stereocenters. The molecule has 2 aliphatic rings. The first-order valence-corrected chi connectivity index (χ1v) is 9.62.